The van der Waals surface area contributed by atoms with Crippen LogP contribution >= 0.6 is 0 Å². The molecule has 0 aliphatic heterocycles. The fourth-order valence-corrected chi connectivity index (χ4v) is 11.0. The van der Waals surface area contributed by atoms with Gasteiger partial charge in [-0.15, -0.1) is 0 Å². The molecule has 0 aromatic heterocycles. The second-order valence-corrected chi connectivity index (χ2v) is 24.5. The Hall–Kier alpha value is -2.37. The second-order valence-electron chi connectivity index (χ2n) is 24.5. The third-order valence-electron chi connectivity index (χ3n) is 16.4. The highest BCUT2D eigenvalue weighted by Gasteiger charge is 2.19. The van der Waals surface area contributed by atoms with E-state index in [1.165, 1.54) is 289 Å². The van der Waals surface area contributed by atoms with E-state index in [9.17, 15) is 14.4 Å². The molecule has 470 valence electrons. The van der Waals surface area contributed by atoms with Crippen LogP contribution in [0.2, 0.25) is 0 Å². The van der Waals surface area contributed by atoms with Gasteiger partial charge in [0.05, 0.1) is 0 Å². The molecule has 6 heteroatoms. The predicted octanol–water partition coefficient (Wildman–Crippen LogP) is 24.7. The topological polar surface area (TPSA) is 78.9 Å². The van der Waals surface area contributed by atoms with E-state index >= 15 is 0 Å². The van der Waals surface area contributed by atoms with Crippen molar-refractivity contribution in [3.63, 3.8) is 0 Å². The normalized spacial score (nSPS) is 12.2. The molecule has 1 unspecified atom stereocenters. The molecule has 0 bridgehead atoms. The molecule has 1 atom stereocenters. The first-order valence-corrected chi connectivity index (χ1v) is 36.0. The number of hydrogen-bond acceptors (Lipinski definition) is 6. The van der Waals surface area contributed by atoms with Gasteiger partial charge in [0.15, 0.2) is 6.10 Å². The minimum Gasteiger partial charge on any atom is -0.462 e. The highest BCUT2D eigenvalue weighted by atomic mass is 16.6. The molecule has 0 aromatic carbocycles. The van der Waals surface area contributed by atoms with Crippen LogP contribution < -0.4 is 0 Å². The Balaban J connectivity index is 4.14. The fourth-order valence-electron chi connectivity index (χ4n) is 11.0. The zero-order chi connectivity index (χ0) is 57.8. The average Bonchev–Trinajstić information content (AvgIpc) is 3.46. The molecule has 0 aromatic rings. The number of rotatable bonds is 67. The van der Waals surface area contributed by atoms with E-state index in [0.29, 0.717) is 19.3 Å². The van der Waals surface area contributed by atoms with Crippen molar-refractivity contribution in [3.8, 4) is 0 Å². The molecule has 0 spiro atoms. The summed E-state index contributed by atoms with van der Waals surface area (Å²) >= 11 is 0. The molecule has 6 nitrogen and oxygen atoms in total. The van der Waals surface area contributed by atoms with Crippen molar-refractivity contribution < 1.29 is 28.6 Å². The Kier molecular flexibility index (Phi) is 67.1. The van der Waals surface area contributed by atoms with Gasteiger partial charge >= 0.3 is 17.9 Å². The van der Waals surface area contributed by atoms with Crippen LogP contribution in [0.15, 0.2) is 36.5 Å². The van der Waals surface area contributed by atoms with Crippen molar-refractivity contribution in [2.24, 2.45) is 0 Å². The quantitative estimate of drug-likeness (QED) is 0.0261. The number of ether oxygens (including phenoxy) is 3. The summed E-state index contributed by atoms with van der Waals surface area (Å²) in [6.45, 7) is 6.70. The smallest absolute Gasteiger partial charge is 0.306 e. The molecular formula is C74H138O6. The second kappa shape index (κ2) is 69.1. The Labute approximate surface area is 499 Å². The van der Waals surface area contributed by atoms with Gasteiger partial charge in [-0.25, -0.2) is 0 Å². The summed E-state index contributed by atoms with van der Waals surface area (Å²) in [5, 5.41) is 0. The average molecular weight is 1120 g/mol. The van der Waals surface area contributed by atoms with Gasteiger partial charge in [-0.05, 0) is 57.8 Å². The summed E-state index contributed by atoms with van der Waals surface area (Å²) < 4.78 is 17.0. The van der Waals surface area contributed by atoms with Gasteiger partial charge in [0, 0.05) is 19.3 Å². The molecule has 80 heavy (non-hydrogen) atoms. The Morgan fingerprint density at radius 2 is 0.450 bits per heavy atom. The first-order valence-electron chi connectivity index (χ1n) is 36.0. The number of allylic oxidation sites excluding steroid dienone is 6. The molecule has 0 saturated heterocycles. The van der Waals surface area contributed by atoms with Crippen molar-refractivity contribution in [3.05, 3.63) is 36.5 Å². The molecule has 0 heterocycles. The Morgan fingerprint density at radius 3 is 0.700 bits per heavy atom. The summed E-state index contributed by atoms with van der Waals surface area (Å²) in [6.07, 6.45) is 86.1. The largest absolute Gasteiger partial charge is 0.462 e. The summed E-state index contributed by atoms with van der Waals surface area (Å²) in [5.74, 6) is -0.833. The first-order chi connectivity index (χ1) is 39.5. The van der Waals surface area contributed by atoms with Gasteiger partial charge in [-0.1, -0.05) is 359 Å². The van der Waals surface area contributed by atoms with Crippen LogP contribution in [0.5, 0.6) is 0 Å². The highest BCUT2D eigenvalue weighted by molar-refractivity contribution is 5.71. The van der Waals surface area contributed by atoms with E-state index in [0.717, 1.165) is 70.6 Å². The minimum atomic E-state index is -0.767. The number of carbonyl (C=O) groups excluding carboxylic acids is 3. The molecule has 0 rings (SSSR count). The minimum absolute atomic E-state index is 0.0646. The van der Waals surface area contributed by atoms with Crippen LogP contribution in [0.1, 0.15) is 400 Å². The monoisotopic (exact) mass is 1120 g/mol. The number of carbonyl (C=O) groups is 3. The van der Waals surface area contributed by atoms with E-state index in [1.54, 1.807) is 0 Å². The fraction of sp³-hybridized carbons (Fsp3) is 0.878. The maximum Gasteiger partial charge on any atom is 0.306 e. The number of unbranched alkanes of at least 4 members (excludes halogenated alkanes) is 50. The van der Waals surface area contributed by atoms with Gasteiger partial charge in [0.2, 0.25) is 0 Å². The van der Waals surface area contributed by atoms with Crippen molar-refractivity contribution >= 4 is 17.9 Å². The van der Waals surface area contributed by atoms with E-state index in [4.69, 9.17) is 14.2 Å². The molecule has 0 fully saturated rings. The SMILES string of the molecule is CCCCCCC/C=C\C/C=C\C/C=C\CCCCCCCCCCCCCCCCCCC(=O)OCC(COC(=O)CCCCCCCCCCCCCC)OC(=O)CCCCCCCCCCCCCCCCCCCCC. The lowest BCUT2D eigenvalue weighted by atomic mass is 10.0. The van der Waals surface area contributed by atoms with Crippen LogP contribution in [0.4, 0.5) is 0 Å². The van der Waals surface area contributed by atoms with Crippen molar-refractivity contribution in [1.82, 2.24) is 0 Å². The molecule has 0 aliphatic carbocycles. The Bertz CT molecular complexity index is 1340. The third-order valence-corrected chi connectivity index (χ3v) is 16.4. The standard InChI is InChI=1S/C74H138O6/c1-4-7-10-13-16-19-22-25-27-29-31-32-33-34-35-36-37-38-39-40-41-42-44-45-47-49-52-55-58-61-64-67-73(76)79-70-71(69-78-72(75)66-63-60-57-54-51-24-21-18-15-12-9-6-3)80-74(77)68-65-62-59-56-53-50-48-46-43-30-28-26-23-20-17-14-11-8-5-2/h22,25,29,31,33-34,71H,4-21,23-24,26-28,30,32,35-70H2,1-3H3/b25-22-,31-29-,34-33-. The molecule has 0 radical (unpaired) electrons. The molecule has 0 saturated carbocycles. The molecule has 0 aliphatic rings. The summed E-state index contributed by atoms with van der Waals surface area (Å²) in [4.78, 5) is 38.4. The third kappa shape index (κ3) is 66.4. The first kappa shape index (κ1) is 77.6. The summed E-state index contributed by atoms with van der Waals surface area (Å²) in [6, 6.07) is 0. The van der Waals surface area contributed by atoms with Crippen molar-refractivity contribution in [2.45, 2.75) is 406 Å². The summed E-state index contributed by atoms with van der Waals surface area (Å²) in [7, 11) is 0. The zero-order valence-electron chi connectivity index (χ0n) is 54.1. The maximum atomic E-state index is 12.9. The van der Waals surface area contributed by atoms with Crippen LogP contribution in [0.3, 0.4) is 0 Å². The van der Waals surface area contributed by atoms with E-state index < -0.39 is 6.10 Å². The molecular weight excluding hydrogens is 985 g/mol. The van der Waals surface area contributed by atoms with Crippen LogP contribution in [0.25, 0.3) is 0 Å². The van der Waals surface area contributed by atoms with Gasteiger partial charge < -0.3 is 14.2 Å². The van der Waals surface area contributed by atoms with Crippen LogP contribution in [0, 0.1) is 0 Å². The number of esters is 3. The predicted molar refractivity (Wildman–Crippen MR) is 349 cm³/mol. The van der Waals surface area contributed by atoms with Crippen LogP contribution in [-0.4, -0.2) is 37.2 Å². The lowest BCUT2D eigenvalue weighted by Crippen LogP contribution is -2.30. The molecule has 0 N–H and O–H groups in total. The number of hydrogen-bond donors (Lipinski definition) is 0. The lowest BCUT2D eigenvalue weighted by Gasteiger charge is -2.18. The lowest BCUT2D eigenvalue weighted by molar-refractivity contribution is -0.167. The Morgan fingerprint density at radius 1 is 0.250 bits per heavy atom. The van der Waals surface area contributed by atoms with E-state index in [-0.39, 0.29) is 31.1 Å². The van der Waals surface area contributed by atoms with Crippen molar-refractivity contribution in [1.29, 1.82) is 0 Å². The van der Waals surface area contributed by atoms with Crippen LogP contribution in [-0.2, 0) is 28.6 Å². The van der Waals surface area contributed by atoms with Gasteiger partial charge in [-0.3, -0.25) is 14.4 Å². The van der Waals surface area contributed by atoms with E-state index in [2.05, 4.69) is 57.2 Å². The highest BCUT2D eigenvalue weighted by Crippen LogP contribution is 2.19. The maximum absolute atomic E-state index is 12.9. The van der Waals surface area contributed by atoms with Gasteiger partial charge in [0.25, 0.3) is 0 Å². The van der Waals surface area contributed by atoms with Gasteiger partial charge in [-0.2, -0.15) is 0 Å². The van der Waals surface area contributed by atoms with Crippen molar-refractivity contribution in [2.75, 3.05) is 13.2 Å². The summed E-state index contributed by atoms with van der Waals surface area (Å²) in [5.41, 5.74) is 0. The van der Waals surface area contributed by atoms with Gasteiger partial charge in [0.1, 0.15) is 13.2 Å². The van der Waals surface area contributed by atoms with E-state index in [1.807, 2.05) is 0 Å². The molecule has 0 amide bonds. The zero-order valence-corrected chi connectivity index (χ0v) is 54.1.